The largest absolute Gasteiger partial charge is 0.508 e. The Morgan fingerprint density at radius 1 is 1.37 bits per heavy atom. The Balaban J connectivity index is 1.84. The number of nitrogens with one attached hydrogen (secondary N) is 1. The average Bonchev–Trinajstić information content (AvgIpc) is 2.99. The molecule has 6 heteroatoms. The van der Waals surface area contributed by atoms with Gasteiger partial charge < -0.3 is 15.2 Å². The van der Waals surface area contributed by atoms with Crippen molar-refractivity contribution in [3.63, 3.8) is 0 Å². The molecule has 0 fully saturated rings. The Bertz CT molecular complexity index is 688. The van der Waals surface area contributed by atoms with Crippen LogP contribution in [0.2, 0.25) is 0 Å². The normalized spacial score (nSPS) is 10.8. The molecule has 0 aliphatic carbocycles. The first-order valence-corrected chi connectivity index (χ1v) is 6.67. The van der Waals surface area contributed by atoms with Crippen molar-refractivity contribution in [1.82, 2.24) is 9.38 Å². The summed E-state index contributed by atoms with van der Waals surface area (Å²) in [6, 6.07) is 6.95. The van der Waals surface area contributed by atoms with Crippen LogP contribution >= 0.6 is 11.3 Å². The van der Waals surface area contributed by atoms with Gasteiger partial charge in [-0.05, 0) is 24.3 Å². The predicted octanol–water partition coefficient (Wildman–Crippen LogP) is 2.72. The lowest BCUT2D eigenvalue weighted by Gasteiger charge is -2.07. The number of phenolic OH excluding ortho intramolecular Hbond substituents is 1. The number of aromatic nitrogens is 2. The van der Waals surface area contributed by atoms with Gasteiger partial charge in [-0.25, -0.2) is 0 Å². The van der Waals surface area contributed by atoms with Gasteiger partial charge in [0.05, 0.1) is 13.7 Å². The zero-order valence-corrected chi connectivity index (χ0v) is 11.1. The predicted molar refractivity (Wildman–Crippen MR) is 75.1 cm³/mol. The van der Waals surface area contributed by atoms with Gasteiger partial charge in [0, 0.05) is 17.3 Å². The molecule has 0 unspecified atom stereocenters. The van der Waals surface area contributed by atoms with E-state index in [2.05, 4.69) is 10.3 Å². The number of nitrogens with zero attached hydrogens (tertiary/aromatic N) is 2. The molecule has 19 heavy (non-hydrogen) atoms. The van der Waals surface area contributed by atoms with Crippen LogP contribution in [-0.2, 0) is 6.54 Å². The van der Waals surface area contributed by atoms with Gasteiger partial charge >= 0.3 is 0 Å². The summed E-state index contributed by atoms with van der Waals surface area (Å²) in [6.07, 6.45) is 1.98. The van der Waals surface area contributed by atoms with E-state index in [1.807, 2.05) is 28.1 Å². The topological polar surface area (TPSA) is 58.8 Å². The highest BCUT2D eigenvalue weighted by Crippen LogP contribution is 2.24. The number of aromatic hydroxyl groups is 1. The van der Waals surface area contributed by atoms with E-state index in [4.69, 9.17) is 4.74 Å². The van der Waals surface area contributed by atoms with Crippen molar-refractivity contribution in [3.05, 3.63) is 41.5 Å². The van der Waals surface area contributed by atoms with Crippen LogP contribution < -0.4 is 10.1 Å². The van der Waals surface area contributed by atoms with Gasteiger partial charge in [-0.15, -0.1) is 11.3 Å². The summed E-state index contributed by atoms with van der Waals surface area (Å²) < 4.78 is 7.30. The molecule has 2 aromatic heterocycles. The number of phenols is 1. The standard InChI is InChI=1S/C13H13N3O2S/c1-18-12-11(16-6-7-19-13(16)15-12)8-14-9-2-4-10(17)5-3-9/h2-7,14,17H,8H2,1H3. The molecule has 0 saturated heterocycles. The summed E-state index contributed by atoms with van der Waals surface area (Å²) in [5, 5.41) is 14.5. The molecule has 0 atom stereocenters. The quantitative estimate of drug-likeness (QED) is 0.719. The maximum absolute atomic E-state index is 9.24. The van der Waals surface area contributed by atoms with Crippen molar-refractivity contribution < 1.29 is 9.84 Å². The zero-order valence-electron chi connectivity index (χ0n) is 10.3. The summed E-state index contributed by atoms with van der Waals surface area (Å²) in [5.74, 6) is 0.894. The molecule has 1 aromatic carbocycles. The van der Waals surface area contributed by atoms with Crippen molar-refractivity contribution >= 4 is 22.0 Å². The Morgan fingerprint density at radius 3 is 2.89 bits per heavy atom. The third kappa shape index (κ3) is 2.22. The summed E-state index contributed by atoms with van der Waals surface area (Å²) in [7, 11) is 1.62. The van der Waals surface area contributed by atoms with Crippen LogP contribution in [0.25, 0.3) is 4.96 Å². The number of anilines is 1. The number of benzene rings is 1. The fourth-order valence-electron chi connectivity index (χ4n) is 1.90. The lowest BCUT2D eigenvalue weighted by molar-refractivity contribution is 0.395. The first-order valence-electron chi connectivity index (χ1n) is 5.79. The van der Waals surface area contributed by atoms with Crippen LogP contribution in [0.3, 0.4) is 0 Å². The van der Waals surface area contributed by atoms with E-state index in [0.717, 1.165) is 16.3 Å². The molecule has 0 spiro atoms. The lowest BCUT2D eigenvalue weighted by Crippen LogP contribution is -2.03. The third-order valence-electron chi connectivity index (χ3n) is 2.84. The van der Waals surface area contributed by atoms with Crippen molar-refractivity contribution in [3.8, 4) is 11.6 Å². The molecule has 98 valence electrons. The zero-order chi connectivity index (χ0) is 13.2. The second kappa shape index (κ2) is 4.81. The van der Waals surface area contributed by atoms with Crippen molar-refractivity contribution in [2.24, 2.45) is 0 Å². The second-order valence-electron chi connectivity index (χ2n) is 4.02. The smallest absolute Gasteiger partial charge is 0.238 e. The highest BCUT2D eigenvalue weighted by Gasteiger charge is 2.13. The fourth-order valence-corrected chi connectivity index (χ4v) is 2.63. The monoisotopic (exact) mass is 275 g/mol. The number of rotatable bonds is 4. The average molecular weight is 275 g/mol. The molecule has 0 amide bonds. The minimum Gasteiger partial charge on any atom is -0.508 e. The van der Waals surface area contributed by atoms with E-state index in [1.165, 1.54) is 0 Å². The van der Waals surface area contributed by atoms with Gasteiger partial charge in [0.15, 0.2) is 4.96 Å². The molecule has 0 saturated carbocycles. The van der Waals surface area contributed by atoms with E-state index in [1.54, 1.807) is 30.6 Å². The summed E-state index contributed by atoms with van der Waals surface area (Å²) in [5.41, 5.74) is 1.91. The Labute approximate surface area is 114 Å². The first-order chi connectivity index (χ1) is 9.28. The van der Waals surface area contributed by atoms with E-state index >= 15 is 0 Å². The molecule has 2 N–H and O–H groups in total. The van der Waals surface area contributed by atoms with Gasteiger partial charge in [-0.1, -0.05) is 0 Å². The van der Waals surface area contributed by atoms with Crippen molar-refractivity contribution in [1.29, 1.82) is 0 Å². The van der Waals surface area contributed by atoms with Crippen LogP contribution in [0.4, 0.5) is 5.69 Å². The highest BCUT2D eigenvalue weighted by atomic mass is 32.1. The van der Waals surface area contributed by atoms with E-state index < -0.39 is 0 Å². The van der Waals surface area contributed by atoms with Crippen LogP contribution in [-0.4, -0.2) is 21.6 Å². The summed E-state index contributed by atoms with van der Waals surface area (Å²) in [6.45, 7) is 0.603. The molecule has 0 bridgehead atoms. The number of fused-ring (bicyclic) bond motifs is 1. The Hall–Kier alpha value is -2.21. The molecule has 3 aromatic rings. The first kappa shape index (κ1) is 11.9. The van der Waals surface area contributed by atoms with Gasteiger partial charge in [-0.3, -0.25) is 4.40 Å². The number of hydrogen-bond acceptors (Lipinski definition) is 5. The molecule has 3 rings (SSSR count). The van der Waals surface area contributed by atoms with Crippen molar-refractivity contribution in [2.75, 3.05) is 12.4 Å². The van der Waals surface area contributed by atoms with Crippen molar-refractivity contribution in [2.45, 2.75) is 6.54 Å². The summed E-state index contributed by atoms with van der Waals surface area (Å²) >= 11 is 1.57. The van der Waals surface area contributed by atoms with Gasteiger partial charge in [0.2, 0.25) is 5.88 Å². The maximum Gasteiger partial charge on any atom is 0.238 e. The molecule has 5 nitrogen and oxygen atoms in total. The number of methoxy groups -OCH3 is 1. The van der Waals surface area contributed by atoms with E-state index in [9.17, 15) is 5.11 Å². The summed E-state index contributed by atoms with van der Waals surface area (Å²) in [4.78, 5) is 5.31. The molecule has 2 heterocycles. The maximum atomic E-state index is 9.24. The number of imidazole rings is 1. The minimum absolute atomic E-state index is 0.257. The van der Waals surface area contributed by atoms with Gasteiger partial charge in [-0.2, -0.15) is 4.98 Å². The Morgan fingerprint density at radius 2 is 2.16 bits per heavy atom. The minimum atomic E-state index is 0.257. The van der Waals surface area contributed by atoms with Crippen LogP contribution in [0.1, 0.15) is 5.69 Å². The highest BCUT2D eigenvalue weighted by molar-refractivity contribution is 7.15. The molecular formula is C13H13N3O2S. The van der Waals surface area contributed by atoms with Gasteiger partial charge in [0.1, 0.15) is 11.4 Å². The Kier molecular flexibility index (Phi) is 3.00. The van der Waals surface area contributed by atoms with E-state index in [-0.39, 0.29) is 5.75 Å². The molecular weight excluding hydrogens is 262 g/mol. The third-order valence-corrected chi connectivity index (χ3v) is 3.60. The SMILES string of the molecule is COc1nc2sccn2c1CNc1ccc(O)cc1. The number of hydrogen-bond donors (Lipinski definition) is 2. The number of ether oxygens (including phenoxy) is 1. The van der Waals surface area contributed by atoms with Crippen LogP contribution in [0, 0.1) is 0 Å². The number of thiazole rings is 1. The van der Waals surface area contributed by atoms with Gasteiger partial charge in [0.25, 0.3) is 0 Å². The molecule has 0 aliphatic rings. The fraction of sp³-hybridized carbons (Fsp3) is 0.154. The van der Waals surface area contributed by atoms with Crippen LogP contribution in [0.15, 0.2) is 35.8 Å². The van der Waals surface area contributed by atoms with Crippen LogP contribution in [0.5, 0.6) is 11.6 Å². The molecule has 0 radical (unpaired) electrons. The lowest BCUT2D eigenvalue weighted by atomic mass is 10.3. The second-order valence-corrected chi connectivity index (χ2v) is 4.90. The van der Waals surface area contributed by atoms with E-state index in [0.29, 0.717) is 12.4 Å². The molecule has 0 aliphatic heterocycles.